The van der Waals surface area contributed by atoms with Gasteiger partial charge in [-0.1, -0.05) is 31.4 Å². The van der Waals surface area contributed by atoms with E-state index in [1.165, 1.54) is 32.1 Å². The molecule has 4 aliphatic carbocycles. The maximum absolute atomic E-state index is 10.6. The monoisotopic (exact) mass is 304 g/mol. The van der Waals surface area contributed by atoms with Gasteiger partial charge in [-0.2, -0.15) is 0 Å². The molecule has 4 aliphatic rings. The lowest BCUT2D eigenvalue weighted by molar-refractivity contribution is -0.0504. The first-order valence-corrected chi connectivity index (χ1v) is 9.61. The van der Waals surface area contributed by atoms with E-state index in [4.69, 9.17) is 0 Å². The third-order valence-corrected chi connectivity index (χ3v) is 7.99. The van der Waals surface area contributed by atoms with E-state index in [1.807, 2.05) is 0 Å². The smallest absolute Gasteiger partial charge is 0.0596 e. The summed E-state index contributed by atoms with van der Waals surface area (Å²) in [5.74, 6) is 3.08. The Morgan fingerprint density at radius 3 is 2.68 bits per heavy atom. The summed E-state index contributed by atoms with van der Waals surface area (Å²) in [5.41, 5.74) is 3.54. The van der Waals surface area contributed by atoms with Crippen LogP contribution in [0.15, 0.2) is 11.1 Å². The van der Waals surface area contributed by atoms with Crippen molar-refractivity contribution in [2.75, 3.05) is 0 Å². The van der Waals surface area contributed by atoms with E-state index in [0.29, 0.717) is 0 Å². The fraction of sp³-hybridized carbons (Fsp3) is 0.900. The zero-order chi connectivity index (χ0) is 15.5. The Bertz CT molecular complexity index is 482. The zero-order valence-electron chi connectivity index (χ0n) is 14.2. The van der Waals surface area contributed by atoms with Gasteiger partial charge in [-0.05, 0) is 80.5 Å². The Kier molecular flexibility index (Phi) is 3.69. The van der Waals surface area contributed by atoms with Gasteiger partial charge in [0, 0.05) is 0 Å². The quantitative estimate of drug-likeness (QED) is 0.717. The lowest BCUT2D eigenvalue weighted by Crippen LogP contribution is -2.48. The Hall–Kier alpha value is -0.340. The molecule has 2 saturated carbocycles. The normalized spacial score (nSPS) is 51.3. The highest BCUT2D eigenvalue weighted by atomic mass is 16.3. The van der Waals surface area contributed by atoms with Crippen LogP contribution in [0.4, 0.5) is 0 Å². The van der Waals surface area contributed by atoms with E-state index in [2.05, 4.69) is 13.8 Å². The minimum atomic E-state index is -0.0880. The summed E-state index contributed by atoms with van der Waals surface area (Å²) in [4.78, 5) is 0. The molecule has 0 saturated heterocycles. The molecule has 0 bridgehead atoms. The standard InChI is InChI=1S/C20H32O2/c1-3-12-10-13-11-14(21)4-5-15(13)16-8-9-20(2)17(19(12)16)6-7-18(20)22/h12,14,16-19,21-22H,3-11H2,1-2H3/t12-,14-,16-,17+,18+,19-,20+/m1/s1. The number of fused-ring (bicyclic) bond motifs is 4. The van der Waals surface area contributed by atoms with Crippen LogP contribution < -0.4 is 0 Å². The highest BCUT2D eigenvalue weighted by Crippen LogP contribution is 2.62. The van der Waals surface area contributed by atoms with E-state index in [0.717, 1.165) is 49.4 Å². The van der Waals surface area contributed by atoms with Crippen LogP contribution in [0.5, 0.6) is 0 Å². The summed E-state index contributed by atoms with van der Waals surface area (Å²) in [5, 5.41) is 20.6. The van der Waals surface area contributed by atoms with Crippen molar-refractivity contribution < 1.29 is 10.2 Å². The molecule has 7 atom stereocenters. The molecule has 124 valence electrons. The van der Waals surface area contributed by atoms with Gasteiger partial charge < -0.3 is 10.2 Å². The molecule has 2 heteroatoms. The highest BCUT2D eigenvalue weighted by Gasteiger charge is 2.56. The molecule has 2 fully saturated rings. The molecular weight excluding hydrogens is 272 g/mol. The minimum absolute atomic E-state index is 0.0699. The topological polar surface area (TPSA) is 40.5 Å². The van der Waals surface area contributed by atoms with Gasteiger partial charge in [0.05, 0.1) is 12.2 Å². The first-order chi connectivity index (χ1) is 10.5. The van der Waals surface area contributed by atoms with E-state index in [-0.39, 0.29) is 17.6 Å². The second kappa shape index (κ2) is 5.34. The predicted molar refractivity (Wildman–Crippen MR) is 88.3 cm³/mol. The summed E-state index contributed by atoms with van der Waals surface area (Å²) in [6.45, 7) is 4.72. The molecule has 2 nitrogen and oxygen atoms in total. The molecule has 0 aromatic rings. The number of hydrogen-bond donors (Lipinski definition) is 2. The number of allylic oxidation sites excluding steroid dienone is 1. The molecule has 0 heterocycles. The van der Waals surface area contributed by atoms with E-state index in [9.17, 15) is 10.2 Å². The lowest BCUT2D eigenvalue weighted by Gasteiger charge is -2.54. The van der Waals surface area contributed by atoms with E-state index < -0.39 is 0 Å². The Morgan fingerprint density at radius 2 is 1.91 bits per heavy atom. The van der Waals surface area contributed by atoms with Crippen LogP contribution in [-0.4, -0.2) is 22.4 Å². The van der Waals surface area contributed by atoms with Crippen LogP contribution in [0.25, 0.3) is 0 Å². The van der Waals surface area contributed by atoms with Crippen LogP contribution in [-0.2, 0) is 0 Å². The molecule has 0 radical (unpaired) electrons. The van der Waals surface area contributed by atoms with Crippen LogP contribution in [0, 0.1) is 29.1 Å². The van der Waals surface area contributed by atoms with Crippen molar-refractivity contribution in [2.45, 2.75) is 83.8 Å². The second-order valence-corrected chi connectivity index (χ2v) is 8.83. The molecule has 0 amide bonds. The highest BCUT2D eigenvalue weighted by molar-refractivity contribution is 5.28. The van der Waals surface area contributed by atoms with Gasteiger partial charge in [0.2, 0.25) is 0 Å². The summed E-state index contributed by atoms with van der Waals surface area (Å²) < 4.78 is 0. The first kappa shape index (κ1) is 15.2. The van der Waals surface area contributed by atoms with Crippen molar-refractivity contribution in [3.8, 4) is 0 Å². The molecule has 2 N–H and O–H groups in total. The molecule has 0 aromatic carbocycles. The second-order valence-electron chi connectivity index (χ2n) is 8.83. The van der Waals surface area contributed by atoms with Crippen molar-refractivity contribution in [1.29, 1.82) is 0 Å². The number of hydrogen-bond acceptors (Lipinski definition) is 2. The third-order valence-electron chi connectivity index (χ3n) is 7.99. The fourth-order valence-electron chi connectivity index (χ4n) is 6.78. The molecule has 0 unspecified atom stereocenters. The summed E-state index contributed by atoms with van der Waals surface area (Å²) >= 11 is 0. The Balaban J connectivity index is 1.70. The van der Waals surface area contributed by atoms with Gasteiger partial charge >= 0.3 is 0 Å². The van der Waals surface area contributed by atoms with Crippen molar-refractivity contribution >= 4 is 0 Å². The molecule has 0 aliphatic heterocycles. The lowest BCUT2D eigenvalue weighted by atomic mass is 9.51. The fourth-order valence-corrected chi connectivity index (χ4v) is 6.78. The SMILES string of the molecule is CC[C@@H]1CC2=C(CC[C@@H](O)C2)[C@H]2CC[C@]3(C)[C@@H](O)CC[C@H]3[C@H]12. The van der Waals surface area contributed by atoms with Gasteiger partial charge in [0.15, 0.2) is 0 Å². The van der Waals surface area contributed by atoms with Crippen molar-refractivity contribution in [2.24, 2.45) is 29.1 Å². The van der Waals surface area contributed by atoms with Crippen LogP contribution in [0.1, 0.15) is 71.6 Å². The minimum Gasteiger partial charge on any atom is -0.393 e. The van der Waals surface area contributed by atoms with Crippen molar-refractivity contribution in [3.05, 3.63) is 11.1 Å². The van der Waals surface area contributed by atoms with Gasteiger partial charge in [-0.15, -0.1) is 0 Å². The summed E-state index contributed by atoms with van der Waals surface area (Å²) in [6.07, 6.45) is 10.1. The molecule has 22 heavy (non-hydrogen) atoms. The molecule has 4 rings (SSSR count). The number of aliphatic hydroxyl groups excluding tert-OH is 2. The number of rotatable bonds is 1. The average Bonchev–Trinajstić information content (AvgIpc) is 2.81. The zero-order valence-corrected chi connectivity index (χ0v) is 14.2. The number of aliphatic hydroxyl groups is 2. The van der Waals surface area contributed by atoms with Gasteiger partial charge in [-0.3, -0.25) is 0 Å². The van der Waals surface area contributed by atoms with Crippen molar-refractivity contribution in [1.82, 2.24) is 0 Å². The van der Waals surface area contributed by atoms with Crippen LogP contribution in [0.2, 0.25) is 0 Å². The summed E-state index contributed by atoms with van der Waals surface area (Å²) in [6, 6.07) is 0. The predicted octanol–water partition coefficient (Wildman–Crippen LogP) is 4.06. The van der Waals surface area contributed by atoms with Crippen LogP contribution in [0.3, 0.4) is 0 Å². The van der Waals surface area contributed by atoms with Gasteiger partial charge in [-0.25, -0.2) is 0 Å². The largest absolute Gasteiger partial charge is 0.393 e. The van der Waals surface area contributed by atoms with E-state index in [1.54, 1.807) is 11.1 Å². The molecule has 0 spiro atoms. The van der Waals surface area contributed by atoms with Crippen LogP contribution >= 0.6 is 0 Å². The van der Waals surface area contributed by atoms with Crippen molar-refractivity contribution in [3.63, 3.8) is 0 Å². The Morgan fingerprint density at radius 1 is 1.09 bits per heavy atom. The van der Waals surface area contributed by atoms with Gasteiger partial charge in [0.25, 0.3) is 0 Å². The molecule has 0 aromatic heterocycles. The van der Waals surface area contributed by atoms with Gasteiger partial charge in [0.1, 0.15) is 0 Å². The van der Waals surface area contributed by atoms with E-state index >= 15 is 0 Å². The Labute approximate surface area is 135 Å². The third kappa shape index (κ3) is 2.06. The molecular formula is C20H32O2. The average molecular weight is 304 g/mol. The summed E-state index contributed by atoms with van der Waals surface area (Å²) in [7, 11) is 0. The maximum Gasteiger partial charge on any atom is 0.0596 e. The maximum atomic E-state index is 10.6. The first-order valence-electron chi connectivity index (χ1n) is 9.61.